The first-order chi connectivity index (χ1) is 9.88. The average molecular weight is 289 g/mol. The summed E-state index contributed by atoms with van der Waals surface area (Å²) in [4.78, 5) is 0. The van der Waals surface area contributed by atoms with Crippen molar-refractivity contribution in [2.24, 2.45) is 5.92 Å². The molecule has 1 fully saturated rings. The predicted octanol–water partition coefficient (Wildman–Crippen LogP) is 1.46. The van der Waals surface area contributed by atoms with Gasteiger partial charge in [-0.2, -0.15) is 0 Å². The molecular formula is C15H31NO4. The summed E-state index contributed by atoms with van der Waals surface area (Å²) in [7, 11) is 3.70. The molecule has 1 saturated carbocycles. The van der Waals surface area contributed by atoms with E-state index in [0.717, 1.165) is 12.5 Å². The van der Waals surface area contributed by atoms with Crippen molar-refractivity contribution in [2.45, 2.75) is 31.7 Å². The first-order valence-corrected chi connectivity index (χ1v) is 7.78. The summed E-state index contributed by atoms with van der Waals surface area (Å²) in [5.41, 5.74) is 0. The third-order valence-corrected chi connectivity index (χ3v) is 3.81. The van der Waals surface area contributed by atoms with Gasteiger partial charge in [0, 0.05) is 13.2 Å². The number of ether oxygens (including phenoxy) is 4. The first-order valence-electron chi connectivity index (χ1n) is 7.78. The van der Waals surface area contributed by atoms with Gasteiger partial charge in [0.2, 0.25) is 0 Å². The van der Waals surface area contributed by atoms with Gasteiger partial charge in [0.25, 0.3) is 0 Å². The lowest BCUT2D eigenvalue weighted by molar-refractivity contribution is -0.00115. The monoisotopic (exact) mass is 289 g/mol. The van der Waals surface area contributed by atoms with Crippen molar-refractivity contribution in [3.8, 4) is 0 Å². The van der Waals surface area contributed by atoms with Gasteiger partial charge in [-0.3, -0.25) is 0 Å². The van der Waals surface area contributed by atoms with Crippen molar-refractivity contribution in [3.05, 3.63) is 0 Å². The van der Waals surface area contributed by atoms with Crippen molar-refractivity contribution in [1.29, 1.82) is 0 Å². The average Bonchev–Trinajstić information content (AvgIpc) is 2.99. The highest BCUT2D eigenvalue weighted by Crippen LogP contribution is 2.27. The molecule has 1 N–H and O–H groups in total. The maximum absolute atomic E-state index is 5.70. The van der Waals surface area contributed by atoms with Crippen LogP contribution < -0.4 is 5.32 Å². The molecule has 120 valence electrons. The zero-order valence-corrected chi connectivity index (χ0v) is 13.1. The molecule has 0 saturated heterocycles. The molecule has 0 aliphatic heterocycles. The highest BCUT2D eigenvalue weighted by atomic mass is 16.6. The number of nitrogens with one attached hydrogen (secondary N) is 1. The van der Waals surface area contributed by atoms with Crippen LogP contribution in [0.5, 0.6) is 0 Å². The highest BCUT2D eigenvalue weighted by Gasteiger charge is 2.23. The summed E-state index contributed by atoms with van der Waals surface area (Å²) >= 11 is 0. The van der Waals surface area contributed by atoms with E-state index >= 15 is 0 Å². The van der Waals surface area contributed by atoms with Crippen molar-refractivity contribution in [1.82, 2.24) is 5.32 Å². The highest BCUT2D eigenvalue weighted by molar-refractivity contribution is 4.79. The number of hydrogen-bond acceptors (Lipinski definition) is 5. The van der Waals surface area contributed by atoms with E-state index in [1.807, 2.05) is 7.05 Å². The fraction of sp³-hybridized carbons (Fsp3) is 1.00. The van der Waals surface area contributed by atoms with Crippen molar-refractivity contribution in [3.63, 3.8) is 0 Å². The molecule has 1 aliphatic carbocycles. The minimum Gasteiger partial charge on any atom is -0.382 e. The second kappa shape index (κ2) is 12.5. The smallest absolute Gasteiger partial charge is 0.0701 e. The fourth-order valence-electron chi connectivity index (χ4n) is 2.61. The topological polar surface area (TPSA) is 49.0 Å². The largest absolute Gasteiger partial charge is 0.382 e. The lowest BCUT2D eigenvalue weighted by atomic mass is 9.99. The molecular weight excluding hydrogens is 258 g/mol. The van der Waals surface area contributed by atoms with Gasteiger partial charge in [0.05, 0.1) is 46.2 Å². The third-order valence-electron chi connectivity index (χ3n) is 3.81. The minimum absolute atomic E-state index is 0.495. The van der Waals surface area contributed by atoms with Crippen molar-refractivity contribution >= 4 is 0 Å². The fourth-order valence-corrected chi connectivity index (χ4v) is 2.61. The molecule has 0 spiro atoms. The number of likely N-dealkylation sites (N-methyl/N-ethyl adjacent to an activating group) is 1. The maximum Gasteiger partial charge on any atom is 0.0701 e. The van der Waals surface area contributed by atoms with Crippen LogP contribution in [0.4, 0.5) is 0 Å². The van der Waals surface area contributed by atoms with Crippen LogP contribution in [-0.4, -0.2) is 66.4 Å². The van der Waals surface area contributed by atoms with Crippen LogP contribution in [0.15, 0.2) is 0 Å². The van der Waals surface area contributed by atoms with Gasteiger partial charge < -0.3 is 24.3 Å². The Hall–Kier alpha value is -0.200. The molecule has 0 amide bonds. The Morgan fingerprint density at radius 1 is 0.900 bits per heavy atom. The molecule has 0 radical (unpaired) electrons. The summed E-state index contributed by atoms with van der Waals surface area (Å²) in [6.07, 6.45) is 5.42. The van der Waals surface area contributed by atoms with E-state index < -0.39 is 0 Å². The lowest BCUT2D eigenvalue weighted by Crippen LogP contribution is -2.37. The van der Waals surface area contributed by atoms with E-state index in [4.69, 9.17) is 18.9 Å². The van der Waals surface area contributed by atoms with Gasteiger partial charge in [-0.15, -0.1) is 0 Å². The lowest BCUT2D eigenvalue weighted by Gasteiger charge is -2.22. The van der Waals surface area contributed by atoms with E-state index in [9.17, 15) is 0 Å². The van der Waals surface area contributed by atoms with Gasteiger partial charge in [-0.05, 0) is 25.8 Å². The van der Waals surface area contributed by atoms with Crippen molar-refractivity contribution in [2.75, 3.05) is 60.4 Å². The first kappa shape index (κ1) is 17.9. The van der Waals surface area contributed by atoms with Crippen LogP contribution in [0.1, 0.15) is 25.7 Å². The van der Waals surface area contributed by atoms with Crippen LogP contribution in [0.25, 0.3) is 0 Å². The molecule has 1 atom stereocenters. The molecule has 1 aliphatic rings. The quantitative estimate of drug-likeness (QED) is 0.520. The molecule has 20 heavy (non-hydrogen) atoms. The molecule has 0 heterocycles. The standard InChI is InChI=1S/C15H31NO4/c1-16-15(14-5-3-4-6-14)13-20-12-11-19-10-9-18-8-7-17-2/h14-16H,3-13H2,1-2H3. The van der Waals surface area contributed by atoms with E-state index in [1.165, 1.54) is 25.7 Å². The van der Waals surface area contributed by atoms with E-state index in [0.29, 0.717) is 45.7 Å². The predicted molar refractivity (Wildman–Crippen MR) is 79.1 cm³/mol. The minimum atomic E-state index is 0.495. The molecule has 1 unspecified atom stereocenters. The Labute approximate surface area is 123 Å². The van der Waals surface area contributed by atoms with E-state index in [2.05, 4.69) is 5.32 Å². The number of methoxy groups -OCH3 is 1. The van der Waals surface area contributed by atoms with Gasteiger partial charge in [-0.1, -0.05) is 12.8 Å². The van der Waals surface area contributed by atoms with E-state index in [-0.39, 0.29) is 0 Å². The van der Waals surface area contributed by atoms with Gasteiger partial charge in [0.15, 0.2) is 0 Å². The van der Waals surface area contributed by atoms with Crippen LogP contribution >= 0.6 is 0 Å². The van der Waals surface area contributed by atoms with Gasteiger partial charge in [0.1, 0.15) is 0 Å². The van der Waals surface area contributed by atoms with Crippen LogP contribution in [0.2, 0.25) is 0 Å². The summed E-state index contributed by atoms with van der Waals surface area (Å²) in [6, 6.07) is 0.495. The molecule has 5 heteroatoms. The van der Waals surface area contributed by atoms with Crippen LogP contribution in [0, 0.1) is 5.92 Å². The summed E-state index contributed by atoms with van der Waals surface area (Å²) in [5.74, 6) is 0.787. The molecule has 0 bridgehead atoms. The Morgan fingerprint density at radius 2 is 1.45 bits per heavy atom. The molecule has 0 aromatic rings. The second-order valence-electron chi connectivity index (χ2n) is 5.23. The second-order valence-corrected chi connectivity index (χ2v) is 5.23. The molecule has 1 rings (SSSR count). The van der Waals surface area contributed by atoms with Crippen LogP contribution in [0.3, 0.4) is 0 Å². The Morgan fingerprint density at radius 3 is 2.00 bits per heavy atom. The Kier molecular flexibility index (Phi) is 11.2. The Balaban J connectivity index is 1.85. The summed E-state index contributed by atoms with van der Waals surface area (Å²) < 4.78 is 21.3. The molecule has 0 aromatic heterocycles. The number of rotatable bonds is 13. The molecule has 5 nitrogen and oxygen atoms in total. The van der Waals surface area contributed by atoms with Crippen molar-refractivity contribution < 1.29 is 18.9 Å². The number of hydrogen-bond donors (Lipinski definition) is 1. The summed E-state index contributed by atoms with van der Waals surface area (Å²) in [6.45, 7) is 4.57. The zero-order chi connectivity index (χ0) is 14.5. The SMILES string of the molecule is CNC(COCCOCCOCCOC)C1CCCC1. The maximum atomic E-state index is 5.70. The molecule has 0 aromatic carbocycles. The summed E-state index contributed by atoms with van der Waals surface area (Å²) in [5, 5.41) is 3.38. The zero-order valence-electron chi connectivity index (χ0n) is 13.1. The Bertz CT molecular complexity index is 210. The third kappa shape index (κ3) is 8.17. The van der Waals surface area contributed by atoms with Gasteiger partial charge >= 0.3 is 0 Å². The van der Waals surface area contributed by atoms with Crippen LogP contribution in [-0.2, 0) is 18.9 Å². The normalized spacial score (nSPS) is 17.7. The van der Waals surface area contributed by atoms with E-state index in [1.54, 1.807) is 7.11 Å². The van der Waals surface area contributed by atoms with Gasteiger partial charge in [-0.25, -0.2) is 0 Å².